The van der Waals surface area contributed by atoms with Gasteiger partial charge in [-0.2, -0.15) is 0 Å². The van der Waals surface area contributed by atoms with Crippen molar-refractivity contribution in [3.05, 3.63) is 72.6 Å². The first-order valence-corrected chi connectivity index (χ1v) is 15.5. The molecule has 6 aromatic rings. The zero-order valence-corrected chi connectivity index (χ0v) is 22.4. The van der Waals surface area contributed by atoms with Crippen LogP contribution >= 0.6 is 0 Å². The van der Waals surface area contributed by atoms with Crippen LogP contribution in [-0.4, -0.2) is 17.2 Å². The van der Waals surface area contributed by atoms with Gasteiger partial charge in [-0.15, -0.1) is 5.54 Å². The Morgan fingerprint density at radius 2 is 1.23 bits per heavy atom. The van der Waals surface area contributed by atoms with Gasteiger partial charge in [0.2, 0.25) is 0 Å². The van der Waals surface area contributed by atoms with E-state index in [1.165, 1.54) is 72.3 Å². The minimum atomic E-state index is -1.48. The SMILES string of the molecule is CC[Si](C#Cc1cc2cc3ccc4c5cc6c(ccn6C)cc5ccc4c3cc2n1C)(CC)CC. The summed E-state index contributed by atoms with van der Waals surface area (Å²) in [6, 6.07) is 26.7. The van der Waals surface area contributed by atoms with E-state index in [4.69, 9.17) is 0 Å². The third-order valence-corrected chi connectivity index (χ3v) is 13.2. The Bertz CT molecular complexity index is 1830. The second kappa shape index (κ2) is 8.04. The zero-order chi connectivity index (χ0) is 24.3. The minimum Gasteiger partial charge on any atom is -0.351 e. The third-order valence-electron chi connectivity index (χ3n) is 8.49. The molecule has 0 unspecified atom stereocenters. The standard InChI is InChI=1S/C32H32N2Si/c1-6-35(7-2,8-3)16-14-26-19-25-18-23-10-12-27-28(30(23)21-32(25)34(26)5)11-9-22-17-24-13-15-33(4)31(24)20-29(22)27/h9-13,15,17-21H,6-8H2,1-5H3. The van der Waals surface area contributed by atoms with Gasteiger partial charge in [-0.1, -0.05) is 51.0 Å². The number of rotatable bonds is 3. The Labute approximate surface area is 208 Å². The normalized spacial score (nSPS) is 12.3. The van der Waals surface area contributed by atoms with Gasteiger partial charge in [0.05, 0.1) is 5.69 Å². The Kier molecular flexibility index (Phi) is 5.05. The molecule has 0 amide bonds. The van der Waals surface area contributed by atoms with Crippen molar-refractivity contribution in [3.63, 3.8) is 0 Å². The largest absolute Gasteiger partial charge is 0.351 e. The second-order valence-corrected chi connectivity index (χ2v) is 15.0. The smallest absolute Gasteiger partial charge is 0.138 e. The van der Waals surface area contributed by atoms with E-state index in [1.807, 2.05) is 0 Å². The predicted molar refractivity (Wildman–Crippen MR) is 156 cm³/mol. The summed E-state index contributed by atoms with van der Waals surface area (Å²) in [5.74, 6) is 3.60. The highest BCUT2D eigenvalue weighted by molar-refractivity contribution is 6.87. The molecule has 2 nitrogen and oxygen atoms in total. The van der Waals surface area contributed by atoms with Crippen LogP contribution in [0.4, 0.5) is 0 Å². The highest BCUT2D eigenvalue weighted by atomic mass is 28.3. The molecule has 0 saturated heterocycles. The number of hydrogen-bond donors (Lipinski definition) is 0. The summed E-state index contributed by atoms with van der Waals surface area (Å²) >= 11 is 0. The highest BCUT2D eigenvalue weighted by Gasteiger charge is 2.24. The van der Waals surface area contributed by atoms with Gasteiger partial charge in [0.1, 0.15) is 8.07 Å². The van der Waals surface area contributed by atoms with Crippen molar-refractivity contribution in [2.45, 2.75) is 38.9 Å². The summed E-state index contributed by atoms with van der Waals surface area (Å²) in [4.78, 5) is 0. The molecule has 0 bridgehead atoms. The average Bonchev–Trinajstić information content (AvgIpc) is 3.40. The predicted octanol–water partition coefficient (Wildman–Crippen LogP) is 8.53. The van der Waals surface area contributed by atoms with Crippen LogP contribution in [0.5, 0.6) is 0 Å². The molecule has 0 aliphatic rings. The van der Waals surface area contributed by atoms with Crippen LogP contribution in [0.3, 0.4) is 0 Å². The molecule has 6 rings (SSSR count). The van der Waals surface area contributed by atoms with E-state index in [0.717, 1.165) is 5.69 Å². The van der Waals surface area contributed by atoms with Crippen molar-refractivity contribution in [1.29, 1.82) is 0 Å². The summed E-state index contributed by atoms with van der Waals surface area (Å²) in [7, 11) is 2.81. The molecule has 2 aromatic heterocycles. The summed E-state index contributed by atoms with van der Waals surface area (Å²) in [6.07, 6.45) is 2.14. The molecule has 0 aliphatic heterocycles. The first kappa shape index (κ1) is 22.0. The van der Waals surface area contributed by atoms with Gasteiger partial charge in [-0.05, 0) is 86.8 Å². The van der Waals surface area contributed by atoms with E-state index < -0.39 is 8.07 Å². The van der Waals surface area contributed by atoms with Crippen LogP contribution in [-0.2, 0) is 14.1 Å². The van der Waals surface area contributed by atoms with E-state index >= 15 is 0 Å². The molecule has 0 atom stereocenters. The number of aryl methyl sites for hydroxylation is 2. The summed E-state index contributed by atoms with van der Waals surface area (Å²) in [6.45, 7) is 6.96. The molecule has 0 fully saturated rings. The van der Waals surface area contributed by atoms with Gasteiger partial charge < -0.3 is 9.13 Å². The zero-order valence-electron chi connectivity index (χ0n) is 21.4. The quantitative estimate of drug-likeness (QED) is 0.139. The van der Waals surface area contributed by atoms with E-state index in [1.54, 1.807) is 0 Å². The van der Waals surface area contributed by atoms with Gasteiger partial charge in [0.15, 0.2) is 0 Å². The number of benzene rings is 4. The topological polar surface area (TPSA) is 9.86 Å². The van der Waals surface area contributed by atoms with Crippen LogP contribution < -0.4 is 0 Å². The van der Waals surface area contributed by atoms with E-state index in [-0.39, 0.29) is 0 Å². The molecule has 0 spiro atoms. The number of nitrogens with zero attached hydrogens (tertiary/aromatic N) is 2. The van der Waals surface area contributed by atoms with Crippen molar-refractivity contribution in [3.8, 4) is 11.5 Å². The average molecular weight is 473 g/mol. The van der Waals surface area contributed by atoms with Crippen LogP contribution in [0, 0.1) is 11.5 Å². The van der Waals surface area contributed by atoms with Crippen molar-refractivity contribution < 1.29 is 0 Å². The molecule has 0 aliphatic carbocycles. The van der Waals surface area contributed by atoms with Crippen molar-refractivity contribution in [2.24, 2.45) is 14.1 Å². The first-order valence-electron chi connectivity index (χ1n) is 12.8. The monoisotopic (exact) mass is 472 g/mol. The maximum atomic E-state index is 3.77. The molecular formula is C32H32N2Si. The molecule has 174 valence electrons. The lowest BCUT2D eigenvalue weighted by Crippen LogP contribution is -2.29. The van der Waals surface area contributed by atoms with Gasteiger partial charge >= 0.3 is 0 Å². The third kappa shape index (κ3) is 3.32. The van der Waals surface area contributed by atoms with Crippen molar-refractivity contribution >= 4 is 62.2 Å². The fraction of sp³-hybridized carbons (Fsp3) is 0.250. The van der Waals surface area contributed by atoms with Gasteiger partial charge in [-0.25, -0.2) is 0 Å². The first-order chi connectivity index (χ1) is 17.0. The van der Waals surface area contributed by atoms with Crippen LogP contribution in [0.2, 0.25) is 18.1 Å². The fourth-order valence-electron chi connectivity index (χ4n) is 5.81. The van der Waals surface area contributed by atoms with Gasteiger partial charge in [0, 0.05) is 42.1 Å². The van der Waals surface area contributed by atoms with Crippen LogP contribution in [0.1, 0.15) is 26.5 Å². The highest BCUT2D eigenvalue weighted by Crippen LogP contribution is 2.35. The van der Waals surface area contributed by atoms with Crippen molar-refractivity contribution in [1.82, 2.24) is 9.13 Å². The fourth-order valence-corrected chi connectivity index (χ4v) is 8.23. The van der Waals surface area contributed by atoms with E-state index in [9.17, 15) is 0 Å². The molecule has 4 aromatic carbocycles. The summed E-state index contributed by atoms with van der Waals surface area (Å²) in [5.41, 5.74) is 7.43. The molecule has 0 N–H and O–H groups in total. The Morgan fingerprint density at radius 3 is 1.86 bits per heavy atom. The summed E-state index contributed by atoms with van der Waals surface area (Å²) in [5, 5.41) is 10.4. The lowest BCUT2D eigenvalue weighted by Gasteiger charge is -2.19. The van der Waals surface area contributed by atoms with Crippen LogP contribution in [0.15, 0.2) is 66.9 Å². The van der Waals surface area contributed by atoms with Gasteiger partial charge in [0.25, 0.3) is 0 Å². The number of hydrogen-bond acceptors (Lipinski definition) is 0. The Hall–Kier alpha value is -3.48. The lowest BCUT2D eigenvalue weighted by molar-refractivity contribution is 0.952. The summed E-state index contributed by atoms with van der Waals surface area (Å²) < 4.78 is 4.49. The molecular weight excluding hydrogens is 440 g/mol. The molecule has 2 heterocycles. The lowest BCUT2D eigenvalue weighted by atomic mass is 9.95. The molecule has 35 heavy (non-hydrogen) atoms. The van der Waals surface area contributed by atoms with E-state index in [0.29, 0.717) is 0 Å². The molecule has 3 heteroatoms. The maximum absolute atomic E-state index is 3.77. The van der Waals surface area contributed by atoms with Crippen molar-refractivity contribution in [2.75, 3.05) is 0 Å². The minimum absolute atomic E-state index is 1.13. The second-order valence-electron chi connectivity index (χ2n) is 10.1. The Morgan fingerprint density at radius 1 is 0.629 bits per heavy atom. The van der Waals surface area contributed by atoms with Crippen LogP contribution in [0.25, 0.3) is 54.1 Å². The molecule has 0 saturated carbocycles. The number of aromatic nitrogens is 2. The van der Waals surface area contributed by atoms with Gasteiger partial charge in [-0.3, -0.25) is 0 Å². The Balaban J connectivity index is 1.58. The molecule has 0 radical (unpaired) electrons. The number of fused-ring (bicyclic) bond motifs is 7. The van der Waals surface area contributed by atoms with E-state index in [2.05, 4.69) is 122 Å². The maximum Gasteiger partial charge on any atom is 0.138 e.